The van der Waals surface area contributed by atoms with E-state index >= 15 is 0 Å². The van der Waals surface area contributed by atoms with Crippen molar-refractivity contribution in [1.82, 2.24) is 0 Å². The minimum atomic E-state index is -0.588. The summed E-state index contributed by atoms with van der Waals surface area (Å²) >= 11 is 1.44. The van der Waals surface area contributed by atoms with Gasteiger partial charge in [0.1, 0.15) is 11.1 Å². The second-order valence-corrected chi connectivity index (χ2v) is 7.18. The summed E-state index contributed by atoms with van der Waals surface area (Å²) in [4.78, 5) is 24.9. The van der Waals surface area contributed by atoms with E-state index in [2.05, 4.69) is 11.4 Å². The molecule has 0 bridgehead atoms. The van der Waals surface area contributed by atoms with Crippen LogP contribution >= 0.6 is 11.3 Å². The van der Waals surface area contributed by atoms with Gasteiger partial charge in [0.05, 0.1) is 5.56 Å². The van der Waals surface area contributed by atoms with E-state index in [1.165, 1.54) is 17.4 Å². The Morgan fingerprint density at radius 2 is 2.08 bits per heavy atom. The monoisotopic (exact) mass is 366 g/mol. The number of aryl methyl sites for hydroxylation is 2. The maximum atomic E-state index is 12.0. The number of thiophene rings is 1. The number of hydrogen-bond acceptors (Lipinski definition) is 5. The van der Waals surface area contributed by atoms with Crippen molar-refractivity contribution in [2.24, 2.45) is 0 Å². The van der Waals surface area contributed by atoms with Crippen molar-refractivity contribution in [3.8, 4) is 6.07 Å². The number of nitriles is 1. The third-order valence-corrected chi connectivity index (χ3v) is 5.33. The molecule has 1 heterocycles. The number of nitrogens with zero attached hydrogens (tertiary/aromatic N) is 1. The first-order valence-electron chi connectivity index (χ1n) is 8.33. The molecule has 0 radical (unpaired) electrons. The van der Waals surface area contributed by atoms with Gasteiger partial charge in [0.2, 0.25) is 0 Å². The van der Waals surface area contributed by atoms with Crippen molar-refractivity contribution in [2.45, 2.75) is 26.2 Å². The molecule has 1 aromatic carbocycles. The average molecular weight is 366 g/mol. The van der Waals surface area contributed by atoms with Crippen LogP contribution in [0.4, 0.5) is 5.00 Å². The van der Waals surface area contributed by atoms with E-state index < -0.39 is 11.9 Å². The van der Waals surface area contributed by atoms with Crippen LogP contribution in [-0.4, -0.2) is 18.5 Å². The van der Waals surface area contributed by atoms with Crippen molar-refractivity contribution in [1.29, 1.82) is 5.26 Å². The molecular weight excluding hydrogens is 348 g/mol. The van der Waals surface area contributed by atoms with Crippen LogP contribution in [0.25, 0.3) is 6.08 Å². The van der Waals surface area contributed by atoms with E-state index in [-0.39, 0.29) is 6.61 Å². The summed E-state index contributed by atoms with van der Waals surface area (Å²) in [5, 5.41) is 12.5. The highest BCUT2D eigenvalue weighted by atomic mass is 32.1. The largest absolute Gasteiger partial charge is 0.452 e. The predicted octanol–water partition coefficient (Wildman–Crippen LogP) is 3.61. The van der Waals surface area contributed by atoms with Crippen LogP contribution in [0.2, 0.25) is 0 Å². The molecule has 1 aromatic heterocycles. The Bertz CT molecular complexity index is 904. The normalized spacial score (nSPS) is 12.6. The molecule has 3 rings (SSSR count). The smallest absolute Gasteiger partial charge is 0.331 e. The van der Waals surface area contributed by atoms with Crippen LogP contribution in [0, 0.1) is 18.3 Å². The molecule has 132 valence electrons. The number of carbonyl (C=O) groups excluding carboxylic acids is 2. The Labute approximate surface area is 155 Å². The van der Waals surface area contributed by atoms with Crippen molar-refractivity contribution in [3.63, 3.8) is 0 Å². The zero-order valence-electron chi connectivity index (χ0n) is 14.4. The second kappa shape index (κ2) is 7.98. The molecule has 1 aliphatic carbocycles. The highest BCUT2D eigenvalue weighted by molar-refractivity contribution is 7.16. The lowest BCUT2D eigenvalue weighted by atomic mass is 10.1. The summed E-state index contributed by atoms with van der Waals surface area (Å²) in [5.74, 6) is -1.03. The number of hydrogen-bond donors (Lipinski definition) is 1. The quantitative estimate of drug-likeness (QED) is 0.647. The standard InChI is InChI=1S/C20H18N2O3S/c1-13-5-7-14(8-6-13)9-10-19(24)25-12-18(23)22-20-16(11-21)15-3-2-4-17(15)26-20/h5-10H,2-4,12H2,1H3,(H,22,23). The van der Waals surface area contributed by atoms with Crippen LogP contribution in [0.5, 0.6) is 0 Å². The summed E-state index contributed by atoms with van der Waals surface area (Å²) in [6.07, 6.45) is 5.80. The van der Waals surface area contributed by atoms with Crippen molar-refractivity contribution in [3.05, 3.63) is 57.5 Å². The van der Waals surface area contributed by atoms with Gasteiger partial charge in [0.25, 0.3) is 5.91 Å². The van der Waals surface area contributed by atoms with Gasteiger partial charge in [0, 0.05) is 11.0 Å². The fraction of sp³-hybridized carbons (Fsp3) is 0.250. The number of ether oxygens (including phenoxy) is 1. The van der Waals surface area contributed by atoms with E-state index in [0.717, 1.165) is 40.8 Å². The van der Waals surface area contributed by atoms with Crippen LogP contribution in [0.1, 0.15) is 33.6 Å². The topological polar surface area (TPSA) is 79.2 Å². The lowest BCUT2D eigenvalue weighted by molar-refractivity contribution is -0.142. The Hall–Kier alpha value is -2.91. The number of esters is 1. The summed E-state index contributed by atoms with van der Waals surface area (Å²) < 4.78 is 4.96. The molecule has 0 spiro atoms. The maximum Gasteiger partial charge on any atom is 0.331 e. The van der Waals surface area contributed by atoms with Gasteiger partial charge >= 0.3 is 5.97 Å². The number of benzene rings is 1. The van der Waals surface area contributed by atoms with Gasteiger partial charge in [0.15, 0.2) is 6.61 Å². The number of amides is 1. The fourth-order valence-electron chi connectivity index (χ4n) is 2.80. The van der Waals surface area contributed by atoms with Gasteiger partial charge in [-0.2, -0.15) is 5.26 Å². The molecule has 0 aliphatic heterocycles. The predicted molar refractivity (Wildman–Crippen MR) is 101 cm³/mol. The number of anilines is 1. The van der Waals surface area contributed by atoms with E-state index in [4.69, 9.17) is 4.74 Å². The number of fused-ring (bicyclic) bond motifs is 1. The molecule has 0 fully saturated rings. The Morgan fingerprint density at radius 1 is 1.31 bits per heavy atom. The van der Waals surface area contributed by atoms with Crippen LogP contribution in [-0.2, 0) is 27.2 Å². The molecule has 6 heteroatoms. The minimum Gasteiger partial charge on any atom is -0.452 e. The molecule has 26 heavy (non-hydrogen) atoms. The molecule has 2 aromatic rings. The number of carbonyl (C=O) groups is 2. The highest BCUT2D eigenvalue weighted by Crippen LogP contribution is 2.38. The third-order valence-electron chi connectivity index (χ3n) is 4.12. The summed E-state index contributed by atoms with van der Waals surface area (Å²) in [7, 11) is 0. The van der Waals surface area contributed by atoms with E-state index in [1.54, 1.807) is 6.08 Å². The van der Waals surface area contributed by atoms with Gasteiger partial charge in [-0.1, -0.05) is 29.8 Å². The molecule has 0 atom stereocenters. The van der Waals surface area contributed by atoms with Gasteiger partial charge in [-0.05, 0) is 43.4 Å². The van der Waals surface area contributed by atoms with Gasteiger partial charge in [-0.25, -0.2) is 4.79 Å². The highest BCUT2D eigenvalue weighted by Gasteiger charge is 2.23. The first kappa shape index (κ1) is 17.9. The molecule has 1 amide bonds. The van der Waals surface area contributed by atoms with E-state index in [0.29, 0.717) is 10.6 Å². The Kier molecular flexibility index (Phi) is 5.49. The summed E-state index contributed by atoms with van der Waals surface area (Å²) in [5.41, 5.74) is 3.61. The van der Waals surface area contributed by atoms with E-state index in [1.807, 2.05) is 31.2 Å². The lowest BCUT2D eigenvalue weighted by Gasteiger charge is -2.04. The molecule has 0 unspecified atom stereocenters. The van der Waals surface area contributed by atoms with Gasteiger partial charge < -0.3 is 10.1 Å². The van der Waals surface area contributed by atoms with Gasteiger partial charge in [-0.15, -0.1) is 11.3 Å². The summed E-state index contributed by atoms with van der Waals surface area (Å²) in [6.45, 7) is 1.60. The first-order chi connectivity index (χ1) is 12.6. The minimum absolute atomic E-state index is 0.384. The van der Waals surface area contributed by atoms with Crippen molar-refractivity contribution < 1.29 is 14.3 Å². The zero-order chi connectivity index (χ0) is 18.5. The SMILES string of the molecule is Cc1ccc(C=CC(=O)OCC(=O)Nc2sc3c(c2C#N)CCC3)cc1. The third kappa shape index (κ3) is 4.19. The Morgan fingerprint density at radius 3 is 2.81 bits per heavy atom. The number of nitrogens with one attached hydrogen (secondary N) is 1. The van der Waals surface area contributed by atoms with E-state index in [9.17, 15) is 14.9 Å². The molecule has 0 saturated carbocycles. The maximum absolute atomic E-state index is 12.0. The van der Waals surface area contributed by atoms with Crippen LogP contribution in [0.3, 0.4) is 0 Å². The zero-order valence-corrected chi connectivity index (χ0v) is 15.2. The Balaban J connectivity index is 1.52. The molecule has 1 N–H and O–H groups in total. The van der Waals surface area contributed by atoms with Crippen molar-refractivity contribution in [2.75, 3.05) is 11.9 Å². The van der Waals surface area contributed by atoms with Crippen LogP contribution in [0.15, 0.2) is 30.3 Å². The number of rotatable bonds is 5. The fourth-order valence-corrected chi connectivity index (χ4v) is 4.06. The summed E-state index contributed by atoms with van der Waals surface area (Å²) in [6, 6.07) is 9.85. The average Bonchev–Trinajstić information content (AvgIpc) is 3.20. The first-order valence-corrected chi connectivity index (χ1v) is 9.14. The lowest BCUT2D eigenvalue weighted by Crippen LogP contribution is -2.20. The molecule has 0 saturated heterocycles. The van der Waals surface area contributed by atoms with Crippen molar-refractivity contribution >= 4 is 34.3 Å². The molecule has 5 nitrogen and oxygen atoms in total. The van der Waals surface area contributed by atoms with Gasteiger partial charge in [-0.3, -0.25) is 4.79 Å². The van der Waals surface area contributed by atoms with Crippen LogP contribution < -0.4 is 5.32 Å². The molecular formula is C20H18N2O3S. The molecule has 1 aliphatic rings. The second-order valence-electron chi connectivity index (χ2n) is 6.07.